The number of benzene rings is 6. The van der Waals surface area contributed by atoms with Crippen molar-refractivity contribution in [1.82, 2.24) is 0 Å². The first kappa shape index (κ1) is 37.2. The maximum Gasteiger partial charge on any atom is 0.338 e. The quantitative estimate of drug-likeness (QED) is 0.0892. The highest BCUT2D eigenvalue weighted by molar-refractivity contribution is 6.07. The molecule has 0 aliphatic heterocycles. The van der Waals surface area contributed by atoms with Gasteiger partial charge in [0.25, 0.3) is 5.91 Å². The lowest BCUT2D eigenvalue weighted by atomic mass is 10.1. The van der Waals surface area contributed by atoms with Crippen LogP contribution in [-0.2, 0) is 24.6 Å². The number of amides is 1. The van der Waals surface area contributed by atoms with E-state index >= 15 is 0 Å². The molecular weight excluding hydrogens is 675 g/mol. The van der Waals surface area contributed by atoms with Crippen LogP contribution in [0.2, 0.25) is 0 Å². The molecule has 0 unspecified atom stereocenters. The van der Waals surface area contributed by atoms with Gasteiger partial charge in [-0.15, -0.1) is 0 Å². The number of esters is 1. The van der Waals surface area contributed by atoms with E-state index in [-0.39, 0.29) is 5.91 Å². The summed E-state index contributed by atoms with van der Waals surface area (Å²) in [7, 11) is 0. The molecule has 0 aliphatic rings. The van der Waals surface area contributed by atoms with E-state index in [0.717, 1.165) is 27.8 Å². The molecular formula is C47H43NO6. The minimum atomic E-state index is -0.614. The van der Waals surface area contributed by atoms with Gasteiger partial charge in [0.05, 0.1) is 11.1 Å². The molecule has 272 valence electrons. The smallest absolute Gasteiger partial charge is 0.338 e. The van der Waals surface area contributed by atoms with Gasteiger partial charge in [0.1, 0.15) is 42.7 Å². The fourth-order valence-corrected chi connectivity index (χ4v) is 5.45. The fraction of sp³-hybridized carbons (Fsp3) is 0.149. The van der Waals surface area contributed by atoms with Crippen molar-refractivity contribution in [1.29, 1.82) is 0 Å². The number of rotatable bonds is 14. The molecule has 6 aromatic rings. The number of nitrogens with one attached hydrogen (secondary N) is 1. The zero-order chi connectivity index (χ0) is 37.8. The van der Waals surface area contributed by atoms with Crippen LogP contribution in [0.15, 0.2) is 152 Å². The van der Waals surface area contributed by atoms with Crippen molar-refractivity contribution >= 4 is 29.7 Å². The third-order valence-electron chi connectivity index (χ3n) is 8.13. The van der Waals surface area contributed by atoms with Crippen molar-refractivity contribution in [2.75, 3.05) is 5.32 Å². The van der Waals surface area contributed by atoms with Gasteiger partial charge in [-0.1, -0.05) is 109 Å². The molecule has 0 saturated carbocycles. The van der Waals surface area contributed by atoms with E-state index in [0.29, 0.717) is 53.9 Å². The predicted molar refractivity (Wildman–Crippen MR) is 214 cm³/mol. The molecule has 0 heterocycles. The monoisotopic (exact) mass is 717 g/mol. The van der Waals surface area contributed by atoms with Crippen LogP contribution >= 0.6 is 0 Å². The van der Waals surface area contributed by atoms with E-state index in [1.165, 1.54) is 0 Å². The Morgan fingerprint density at radius 2 is 1.06 bits per heavy atom. The SMILES string of the molecule is CC(C)(C)OC(=O)c1ccc(NC(=O)c2cc(/C=C/c3cc(OCc4ccccc4)cc(OCc4ccccc4)c3)ccc2OCc2ccccc2)cc1. The van der Waals surface area contributed by atoms with Gasteiger partial charge in [0.15, 0.2) is 0 Å². The number of hydrogen-bond acceptors (Lipinski definition) is 6. The summed E-state index contributed by atoms with van der Waals surface area (Å²) in [5, 5.41) is 2.95. The Bertz CT molecular complexity index is 2110. The van der Waals surface area contributed by atoms with Crippen molar-refractivity contribution in [3.05, 3.63) is 191 Å². The third kappa shape index (κ3) is 11.2. The van der Waals surface area contributed by atoms with Crippen LogP contribution in [0.25, 0.3) is 12.2 Å². The van der Waals surface area contributed by atoms with Crippen molar-refractivity contribution < 1.29 is 28.5 Å². The van der Waals surface area contributed by atoms with Gasteiger partial charge in [-0.25, -0.2) is 4.79 Å². The van der Waals surface area contributed by atoms with Crippen LogP contribution in [0.4, 0.5) is 5.69 Å². The van der Waals surface area contributed by atoms with Crippen LogP contribution in [0.3, 0.4) is 0 Å². The van der Waals surface area contributed by atoms with Crippen molar-refractivity contribution in [3.8, 4) is 17.2 Å². The summed E-state index contributed by atoms with van der Waals surface area (Å²) in [5.74, 6) is 0.996. The van der Waals surface area contributed by atoms with Crippen LogP contribution in [0, 0.1) is 0 Å². The Morgan fingerprint density at radius 1 is 0.556 bits per heavy atom. The Kier molecular flexibility index (Phi) is 12.2. The predicted octanol–water partition coefficient (Wildman–Crippen LogP) is 10.8. The second-order valence-electron chi connectivity index (χ2n) is 13.7. The van der Waals surface area contributed by atoms with E-state index in [4.69, 9.17) is 18.9 Å². The minimum Gasteiger partial charge on any atom is -0.489 e. The Morgan fingerprint density at radius 3 is 1.57 bits per heavy atom. The van der Waals surface area contributed by atoms with Crippen molar-refractivity contribution in [2.24, 2.45) is 0 Å². The molecule has 6 aromatic carbocycles. The first-order valence-electron chi connectivity index (χ1n) is 17.8. The van der Waals surface area contributed by atoms with Crippen LogP contribution in [0.1, 0.15) is 69.3 Å². The lowest BCUT2D eigenvalue weighted by Gasteiger charge is -2.19. The molecule has 0 bridgehead atoms. The van der Waals surface area contributed by atoms with Gasteiger partial charge in [0.2, 0.25) is 0 Å². The van der Waals surface area contributed by atoms with Gasteiger partial charge in [-0.05, 0) is 97.1 Å². The van der Waals surface area contributed by atoms with E-state index in [9.17, 15) is 9.59 Å². The normalized spacial score (nSPS) is 11.2. The second-order valence-corrected chi connectivity index (χ2v) is 13.7. The van der Waals surface area contributed by atoms with Crippen LogP contribution in [0.5, 0.6) is 17.2 Å². The summed E-state index contributed by atoms with van der Waals surface area (Å²) in [6.07, 6.45) is 3.90. The second kappa shape index (κ2) is 17.8. The highest BCUT2D eigenvalue weighted by atomic mass is 16.6. The molecule has 0 saturated heterocycles. The molecule has 7 nitrogen and oxygen atoms in total. The summed E-state index contributed by atoms with van der Waals surface area (Å²) in [6.45, 7) is 6.58. The van der Waals surface area contributed by atoms with E-state index in [2.05, 4.69) is 5.32 Å². The van der Waals surface area contributed by atoms with E-state index < -0.39 is 11.6 Å². The van der Waals surface area contributed by atoms with E-state index in [1.54, 1.807) is 36.4 Å². The van der Waals surface area contributed by atoms with E-state index in [1.807, 2.05) is 148 Å². The van der Waals surface area contributed by atoms with Gasteiger partial charge in [-0.2, -0.15) is 0 Å². The average Bonchev–Trinajstić information content (AvgIpc) is 3.18. The fourth-order valence-electron chi connectivity index (χ4n) is 5.45. The highest BCUT2D eigenvalue weighted by Crippen LogP contribution is 2.28. The summed E-state index contributed by atoms with van der Waals surface area (Å²) in [5.41, 5.74) is 5.41. The molecule has 1 amide bonds. The molecule has 0 fully saturated rings. The molecule has 0 spiro atoms. The number of carbonyl (C=O) groups excluding carboxylic acids is 2. The summed E-state index contributed by atoms with van der Waals surface area (Å²) >= 11 is 0. The first-order chi connectivity index (χ1) is 26.2. The van der Waals surface area contributed by atoms with Gasteiger partial charge in [0, 0.05) is 11.8 Å². The van der Waals surface area contributed by atoms with Crippen LogP contribution in [-0.4, -0.2) is 17.5 Å². The molecule has 0 aliphatic carbocycles. The zero-order valence-corrected chi connectivity index (χ0v) is 30.7. The summed E-state index contributed by atoms with van der Waals surface area (Å²) in [6, 6.07) is 47.7. The molecule has 7 heteroatoms. The average molecular weight is 718 g/mol. The number of hydrogen-bond donors (Lipinski definition) is 1. The number of ether oxygens (including phenoxy) is 4. The van der Waals surface area contributed by atoms with Crippen molar-refractivity contribution in [3.63, 3.8) is 0 Å². The number of anilines is 1. The number of carbonyl (C=O) groups is 2. The Labute approximate surface area is 316 Å². The highest BCUT2D eigenvalue weighted by Gasteiger charge is 2.19. The lowest BCUT2D eigenvalue weighted by molar-refractivity contribution is 0.00694. The van der Waals surface area contributed by atoms with Gasteiger partial charge < -0.3 is 24.3 Å². The Hall–Kier alpha value is -6.60. The van der Waals surface area contributed by atoms with Crippen LogP contribution < -0.4 is 19.5 Å². The largest absolute Gasteiger partial charge is 0.489 e. The maximum atomic E-state index is 13.8. The van der Waals surface area contributed by atoms with Gasteiger partial charge in [-0.3, -0.25) is 4.79 Å². The zero-order valence-electron chi connectivity index (χ0n) is 30.7. The maximum absolute atomic E-state index is 13.8. The molecule has 0 radical (unpaired) electrons. The topological polar surface area (TPSA) is 83.1 Å². The van der Waals surface area contributed by atoms with Gasteiger partial charge >= 0.3 is 5.97 Å². The molecule has 54 heavy (non-hydrogen) atoms. The molecule has 0 atom stereocenters. The molecule has 0 aromatic heterocycles. The lowest BCUT2D eigenvalue weighted by Crippen LogP contribution is -2.23. The molecule has 6 rings (SSSR count). The minimum absolute atomic E-state index is 0.294. The van der Waals surface area contributed by atoms with Crippen molar-refractivity contribution in [2.45, 2.75) is 46.2 Å². The third-order valence-corrected chi connectivity index (χ3v) is 8.13. The standard InChI is InChI=1S/C47H43NO6/c1-47(2,3)54-46(50)39-22-24-40(25-23-39)48-45(49)43-29-34(21-26-44(43)53-33-37-17-11-6-12-18-37)19-20-38-27-41(51-31-35-13-7-4-8-14-35)30-42(28-38)52-32-36-15-9-5-10-16-36/h4-30H,31-33H2,1-3H3,(H,48,49)/b20-19+. The molecule has 1 N–H and O–H groups in total. The Balaban J connectivity index is 1.24. The first-order valence-corrected chi connectivity index (χ1v) is 17.8. The summed E-state index contributed by atoms with van der Waals surface area (Å²) in [4.78, 5) is 26.3. The summed E-state index contributed by atoms with van der Waals surface area (Å²) < 4.78 is 24.0.